The number of hydrogen-bond acceptors (Lipinski definition) is 3. The topological polar surface area (TPSA) is 75.3 Å². The molecule has 0 aliphatic heterocycles. The molecule has 0 spiro atoms. The molecule has 0 saturated carbocycles. The second-order valence-electron chi connectivity index (χ2n) is 5.81. The molecule has 146 valence electrons. The Balaban J connectivity index is 2.21. The lowest BCUT2D eigenvalue weighted by Gasteiger charge is -2.17. The van der Waals surface area contributed by atoms with E-state index in [9.17, 15) is 26.4 Å². The van der Waals surface area contributed by atoms with Gasteiger partial charge in [-0.1, -0.05) is 29.8 Å². The molecule has 10 heteroatoms. The SMILES string of the molecule is Cc1ccc(NC(=O)C(C)NS(=O)(=O)c2ccccc2C(F)(F)F)c(Cl)c1. The summed E-state index contributed by atoms with van der Waals surface area (Å²) in [5, 5.41) is 2.69. The lowest BCUT2D eigenvalue weighted by atomic mass is 10.2. The Morgan fingerprint density at radius 2 is 1.78 bits per heavy atom. The molecule has 0 saturated heterocycles. The van der Waals surface area contributed by atoms with Gasteiger partial charge in [-0.3, -0.25) is 4.79 Å². The van der Waals surface area contributed by atoms with Crippen molar-refractivity contribution in [2.45, 2.75) is 31.0 Å². The fourth-order valence-electron chi connectivity index (χ4n) is 2.25. The number of halogens is 4. The second-order valence-corrected chi connectivity index (χ2v) is 7.90. The molecule has 2 aromatic rings. The van der Waals surface area contributed by atoms with E-state index < -0.39 is 38.6 Å². The predicted molar refractivity (Wildman–Crippen MR) is 96.0 cm³/mol. The Hall–Kier alpha value is -2.10. The third-order valence-electron chi connectivity index (χ3n) is 3.59. The number of carbonyl (C=O) groups is 1. The number of aryl methyl sites for hydroxylation is 1. The Morgan fingerprint density at radius 3 is 2.37 bits per heavy atom. The summed E-state index contributed by atoms with van der Waals surface area (Å²) in [6, 6.07) is 7.22. The van der Waals surface area contributed by atoms with Crippen molar-refractivity contribution < 1.29 is 26.4 Å². The number of nitrogens with one attached hydrogen (secondary N) is 2. The van der Waals surface area contributed by atoms with E-state index in [1.54, 1.807) is 19.1 Å². The average Bonchev–Trinajstić information content (AvgIpc) is 2.56. The monoisotopic (exact) mass is 420 g/mol. The number of amides is 1. The number of carbonyl (C=O) groups excluding carboxylic acids is 1. The van der Waals surface area contributed by atoms with Gasteiger partial charge in [0.15, 0.2) is 0 Å². The van der Waals surface area contributed by atoms with Crippen LogP contribution in [-0.4, -0.2) is 20.4 Å². The number of hydrogen-bond donors (Lipinski definition) is 2. The Morgan fingerprint density at radius 1 is 1.15 bits per heavy atom. The highest BCUT2D eigenvalue weighted by Crippen LogP contribution is 2.34. The van der Waals surface area contributed by atoms with Crippen molar-refractivity contribution in [3.8, 4) is 0 Å². The first kappa shape index (κ1) is 21.2. The number of alkyl halides is 3. The van der Waals surface area contributed by atoms with Crippen LogP contribution in [0.4, 0.5) is 18.9 Å². The van der Waals surface area contributed by atoms with E-state index in [-0.39, 0.29) is 10.7 Å². The molecule has 1 atom stereocenters. The van der Waals surface area contributed by atoms with Gasteiger partial charge in [-0.25, -0.2) is 8.42 Å². The molecule has 0 aliphatic carbocycles. The standard InChI is InChI=1S/C17H16ClF3N2O3S/c1-10-7-8-14(13(18)9-10)22-16(24)11(2)23-27(25,26)15-6-4-3-5-12(15)17(19,20)21/h3-9,11,23H,1-2H3,(H,22,24). The van der Waals surface area contributed by atoms with Crippen molar-refractivity contribution in [1.29, 1.82) is 0 Å². The van der Waals surface area contributed by atoms with Crippen LogP contribution in [0.15, 0.2) is 47.4 Å². The third kappa shape index (κ3) is 5.21. The minimum atomic E-state index is -4.85. The van der Waals surface area contributed by atoms with Gasteiger partial charge in [-0.2, -0.15) is 17.9 Å². The van der Waals surface area contributed by atoms with Crippen molar-refractivity contribution in [2.75, 3.05) is 5.32 Å². The Labute approximate surface area is 159 Å². The highest BCUT2D eigenvalue weighted by atomic mass is 35.5. The van der Waals surface area contributed by atoms with Gasteiger partial charge in [-0.05, 0) is 43.7 Å². The minimum absolute atomic E-state index is 0.251. The first-order chi connectivity index (χ1) is 12.4. The maximum absolute atomic E-state index is 13.1. The van der Waals surface area contributed by atoms with Crippen LogP contribution in [0, 0.1) is 6.92 Å². The zero-order chi connectivity index (χ0) is 20.4. The summed E-state index contributed by atoms with van der Waals surface area (Å²) in [6.07, 6.45) is -4.85. The third-order valence-corrected chi connectivity index (χ3v) is 5.50. The number of anilines is 1. The smallest absolute Gasteiger partial charge is 0.323 e. The van der Waals surface area contributed by atoms with Crippen molar-refractivity contribution in [3.05, 3.63) is 58.6 Å². The van der Waals surface area contributed by atoms with Gasteiger partial charge in [0.25, 0.3) is 0 Å². The van der Waals surface area contributed by atoms with E-state index in [2.05, 4.69) is 5.32 Å². The van der Waals surface area contributed by atoms with Crippen LogP contribution in [0.3, 0.4) is 0 Å². The quantitative estimate of drug-likeness (QED) is 0.768. The summed E-state index contributed by atoms with van der Waals surface area (Å²) >= 11 is 6.00. The van der Waals surface area contributed by atoms with Crippen molar-refractivity contribution in [1.82, 2.24) is 4.72 Å². The fraction of sp³-hybridized carbons (Fsp3) is 0.235. The zero-order valence-electron chi connectivity index (χ0n) is 14.3. The van der Waals surface area contributed by atoms with E-state index in [1.165, 1.54) is 19.1 Å². The lowest BCUT2D eigenvalue weighted by Crippen LogP contribution is -2.42. The molecule has 2 aromatic carbocycles. The van der Waals surface area contributed by atoms with Crippen LogP contribution in [-0.2, 0) is 21.0 Å². The molecule has 2 rings (SSSR count). The molecule has 0 heterocycles. The molecular weight excluding hydrogens is 405 g/mol. The van der Waals surface area contributed by atoms with Gasteiger partial charge >= 0.3 is 6.18 Å². The van der Waals surface area contributed by atoms with Gasteiger partial charge in [0.2, 0.25) is 15.9 Å². The molecule has 0 aromatic heterocycles. The highest BCUT2D eigenvalue weighted by Gasteiger charge is 2.37. The lowest BCUT2D eigenvalue weighted by molar-refractivity contribution is -0.139. The van der Waals surface area contributed by atoms with Gasteiger partial charge in [0, 0.05) is 0 Å². The highest BCUT2D eigenvalue weighted by molar-refractivity contribution is 7.89. The molecule has 0 radical (unpaired) electrons. The van der Waals surface area contributed by atoms with Crippen LogP contribution in [0.5, 0.6) is 0 Å². The van der Waals surface area contributed by atoms with Gasteiger partial charge < -0.3 is 5.32 Å². The normalized spacial score (nSPS) is 13.3. The van der Waals surface area contributed by atoms with E-state index >= 15 is 0 Å². The summed E-state index contributed by atoms with van der Waals surface area (Å²) in [5.41, 5.74) is -0.198. The molecule has 0 aliphatic rings. The minimum Gasteiger partial charge on any atom is -0.323 e. The summed E-state index contributed by atoms with van der Waals surface area (Å²) < 4.78 is 65.8. The summed E-state index contributed by atoms with van der Waals surface area (Å²) in [5.74, 6) is -0.770. The molecule has 27 heavy (non-hydrogen) atoms. The molecule has 1 amide bonds. The fourth-order valence-corrected chi connectivity index (χ4v) is 3.96. The Bertz CT molecular complexity index is 962. The molecular formula is C17H16ClF3N2O3S. The van der Waals surface area contributed by atoms with Crippen molar-refractivity contribution >= 4 is 33.2 Å². The largest absolute Gasteiger partial charge is 0.417 e. The van der Waals surface area contributed by atoms with Gasteiger partial charge in [0.05, 0.1) is 27.2 Å². The van der Waals surface area contributed by atoms with Crippen LogP contribution < -0.4 is 10.0 Å². The van der Waals surface area contributed by atoms with Crippen molar-refractivity contribution in [2.24, 2.45) is 0 Å². The van der Waals surface area contributed by atoms with Crippen molar-refractivity contribution in [3.63, 3.8) is 0 Å². The molecule has 5 nitrogen and oxygen atoms in total. The summed E-state index contributed by atoms with van der Waals surface area (Å²) in [4.78, 5) is 11.3. The number of benzene rings is 2. The average molecular weight is 421 g/mol. The van der Waals surface area contributed by atoms with E-state index in [4.69, 9.17) is 11.6 Å². The first-order valence-electron chi connectivity index (χ1n) is 7.67. The van der Waals surface area contributed by atoms with Crippen LogP contribution in [0.1, 0.15) is 18.1 Å². The summed E-state index contributed by atoms with van der Waals surface area (Å²) in [7, 11) is -4.59. The Kier molecular flexibility index (Phi) is 6.18. The van der Waals surface area contributed by atoms with E-state index in [0.717, 1.165) is 17.7 Å². The summed E-state index contributed by atoms with van der Waals surface area (Å²) in [6.45, 7) is 3.01. The van der Waals surface area contributed by atoms with Gasteiger partial charge in [0.1, 0.15) is 0 Å². The van der Waals surface area contributed by atoms with Gasteiger partial charge in [-0.15, -0.1) is 0 Å². The maximum Gasteiger partial charge on any atom is 0.417 e. The van der Waals surface area contributed by atoms with Crippen LogP contribution in [0.25, 0.3) is 0 Å². The number of rotatable bonds is 5. The molecule has 0 fully saturated rings. The zero-order valence-corrected chi connectivity index (χ0v) is 15.8. The van der Waals surface area contributed by atoms with E-state index in [0.29, 0.717) is 6.07 Å². The van der Waals surface area contributed by atoms with E-state index in [1.807, 2.05) is 4.72 Å². The van der Waals surface area contributed by atoms with Crippen LogP contribution in [0.2, 0.25) is 5.02 Å². The predicted octanol–water partition coefficient (Wildman–Crippen LogP) is 3.97. The maximum atomic E-state index is 13.1. The molecule has 2 N–H and O–H groups in total. The number of sulfonamides is 1. The first-order valence-corrected chi connectivity index (χ1v) is 9.53. The second kappa shape index (κ2) is 7.87. The molecule has 0 bridgehead atoms. The molecule has 1 unspecified atom stereocenters. The van der Waals surface area contributed by atoms with Crippen LogP contribution >= 0.6 is 11.6 Å².